The van der Waals surface area contributed by atoms with Gasteiger partial charge in [0, 0.05) is 17.4 Å². The van der Waals surface area contributed by atoms with Gasteiger partial charge in [-0.1, -0.05) is 11.6 Å². The van der Waals surface area contributed by atoms with Crippen LogP contribution in [0, 0.1) is 0 Å². The molecule has 0 aliphatic carbocycles. The van der Waals surface area contributed by atoms with Gasteiger partial charge >= 0.3 is 5.97 Å². The van der Waals surface area contributed by atoms with Crippen molar-refractivity contribution in [2.24, 2.45) is 0 Å². The predicted octanol–water partition coefficient (Wildman–Crippen LogP) is 2.98. The Morgan fingerprint density at radius 3 is 2.77 bits per heavy atom. The third kappa shape index (κ3) is 2.48. The summed E-state index contributed by atoms with van der Waals surface area (Å²) in [5, 5.41) is 0.668. The molecule has 4 rings (SSSR count). The zero-order valence-electron chi connectivity index (χ0n) is 12.1. The summed E-state index contributed by atoms with van der Waals surface area (Å²) in [6.07, 6.45) is 2.71. The van der Waals surface area contributed by atoms with Crippen molar-refractivity contribution in [1.29, 1.82) is 0 Å². The van der Waals surface area contributed by atoms with Crippen LogP contribution >= 0.6 is 11.6 Å². The number of fused-ring (bicyclic) bond motifs is 1. The third-order valence-electron chi connectivity index (χ3n) is 4.59. The molecule has 1 atom stereocenters. The maximum Gasteiger partial charge on any atom is 0.323 e. The highest BCUT2D eigenvalue weighted by Crippen LogP contribution is 2.32. The number of hydrogen-bond donors (Lipinski definition) is 0. The van der Waals surface area contributed by atoms with E-state index in [1.54, 1.807) is 0 Å². The molecule has 1 aromatic carbocycles. The lowest BCUT2D eigenvalue weighted by Crippen LogP contribution is -2.43. The molecule has 6 heteroatoms. The van der Waals surface area contributed by atoms with Crippen molar-refractivity contribution in [3.8, 4) is 0 Å². The molecule has 0 N–H and O–H groups in total. The van der Waals surface area contributed by atoms with Crippen LogP contribution < -0.4 is 0 Å². The fourth-order valence-electron chi connectivity index (χ4n) is 3.37. The van der Waals surface area contributed by atoms with E-state index in [1.165, 1.54) is 0 Å². The lowest BCUT2D eigenvalue weighted by molar-refractivity contribution is -0.142. The minimum absolute atomic E-state index is 0.0524. The Morgan fingerprint density at radius 2 is 2.05 bits per heavy atom. The predicted molar refractivity (Wildman–Crippen MR) is 81.9 cm³/mol. The minimum atomic E-state index is -0.0741. The van der Waals surface area contributed by atoms with Crippen molar-refractivity contribution in [2.45, 2.75) is 31.2 Å². The maximum atomic E-state index is 11.7. The Labute approximate surface area is 133 Å². The van der Waals surface area contributed by atoms with E-state index in [0.29, 0.717) is 17.5 Å². The van der Waals surface area contributed by atoms with E-state index in [-0.39, 0.29) is 12.0 Å². The van der Waals surface area contributed by atoms with Gasteiger partial charge in [-0.3, -0.25) is 9.69 Å². The van der Waals surface area contributed by atoms with Crippen molar-refractivity contribution in [2.75, 3.05) is 19.7 Å². The number of oxazole rings is 1. The Morgan fingerprint density at radius 1 is 1.23 bits per heavy atom. The second-order valence-corrected chi connectivity index (χ2v) is 6.38. The minimum Gasteiger partial charge on any atom is -0.464 e. The molecule has 116 valence electrons. The number of nitrogens with zero attached hydrogens (tertiary/aromatic N) is 2. The molecular formula is C16H17ClN2O3. The van der Waals surface area contributed by atoms with Crippen LogP contribution in [-0.4, -0.2) is 41.6 Å². The SMILES string of the molecule is O=C1OCC[C@@H]1N1CCC(c2nc3cc(Cl)ccc3o2)CC1. The van der Waals surface area contributed by atoms with E-state index >= 15 is 0 Å². The lowest BCUT2D eigenvalue weighted by Gasteiger charge is -2.32. The molecule has 0 spiro atoms. The number of carbonyl (C=O) groups is 1. The van der Waals surface area contributed by atoms with Gasteiger partial charge < -0.3 is 9.15 Å². The Bertz CT molecular complexity index is 706. The van der Waals surface area contributed by atoms with Crippen molar-refractivity contribution in [1.82, 2.24) is 9.88 Å². The van der Waals surface area contributed by atoms with Gasteiger partial charge in [0.05, 0.1) is 6.61 Å². The van der Waals surface area contributed by atoms with E-state index < -0.39 is 0 Å². The van der Waals surface area contributed by atoms with Gasteiger partial charge in [-0.15, -0.1) is 0 Å². The van der Waals surface area contributed by atoms with Gasteiger partial charge in [0.1, 0.15) is 11.6 Å². The number of rotatable bonds is 2. The molecule has 0 radical (unpaired) electrons. The summed E-state index contributed by atoms with van der Waals surface area (Å²) in [6.45, 7) is 2.31. The summed E-state index contributed by atoms with van der Waals surface area (Å²) < 4.78 is 10.9. The average Bonchev–Trinajstić information content (AvgIpc) is 3.13. The van der Waals surface area contributed by atoms with Gasteiger partial charge in [0.2, 0.25) is 0 Å². The van der Waals surface area contributed by atoms with Crippen LogP contribution in [0.15, 0.2) is 22.6 Å². The molecule has 2 saturated heterocycles. The summed E-state index contributed by atoms with van der Waals surface area (Å²) >= 11 is 5.99. The number of cyclic esters (lactones) is 1. The van der Waals surface area contributed by atoms with Crippen LogP contribution in [0.5, 0.6) is 0 Å². The standard InChI is InChI=1S/C16H17ClN2O3/c17-11-1-2-14-12(9-11)18-15(22-14)10-3-6-19(7-4-10)13-5-8-21-16(13)20/h1-2,9-10,13H,3-8H2/t13-/m0/s1. The van der Waals surface area contributed by atoms with Crippen molar-refractivity contribution < 1.29 is 13.9 Å². The van der Waals surface area contributed by atoms with Crippen molar-refractivity contribution in [3.05, 3.63) is 29.1 Å². The Kier molecular flexibility index (Phi) is 3.54. The largest absolute Gasteiger partial charge is 0.464 e. The second kappa shape index (κ2) is 5.56. The van der Waals surface area contributed by atoms with E-state index in [2.05, 4.69) is 9.88 Å². The van der Waals surface area contributed by atoms with Crippen LogP contribution in [0.1, 0.15) is 31.1 Å². The van der Waals surface area contributed by atoms with Crippen molar-refractivity contribution in [3.63, 3.8) is 0 Å². The summed E-state index contributed by atoms with van der Waals surface area (Å²) in [5.41, 5.74) is 1.59. The monoisotopic (exact) mass is 320 g/mol. The Balaban J connectivity index is 1.47. The van der Waals surface area contributed by atoms with Gasteiger partial charge in [0.15, 0.2) is 11.5 Å². The molecule has 0 saturated carbocycles. The number of esters is 1. The number of hydrogen-bond acceptors (Lipinski definition) is 5. The first-order chi connectivity index (χ1) is 10.7. The fourth-order valence-corrected chi connectivity index (χ4v) is 3.53. The summed E-state index contributed by atoms with van der Waals surface area (Å²) in [6, 6.07) is 5.45. The number of aromatic nitrogens is 1. The molecule has 2 fully saturated rings. The van der Waals surface area contributed by atoms with Crippen LogP contribution in [0.25, 0.3) is 11.1 Å². The number of ether oxygens (including phenoxy) is 1. The molecule has 2 aliphatic heterocycles. The lowest BCUT2D eigenvalue weighted by atomic mass is 9.95. The van der Waals surface area contributed by atoms with Gasteiger partial charge in [-0.05, 0) is 44.1 Å². The highest BCUT2D eigenvalue weighted by atomic mass is 35.5. The topological polar surface area (TPSA) is 55.6 Å². The zero-order valence-corrected chi connectivity index (χ0v) is 12.9. The zero-order chi connectivity index (χ0) is 15.1. The normalized spacial score (nSPS) is 24.0. The smallest absolute Gasteiger partial charge is 0.323 e. The number of piperidine rings is 1. The van der Waals surface area contributed by atoms with Crippen LogP contribution in [0.2, 0.25) is 5.02 Å². The molecular weight excluding hydrogens is 304 g/mol. The average molecular weight is 321 g/mol. The summed E-state index contributed by atoms with van der Waals surface area (Å²) in [5.74, 6) is 1.01. The molecule has 1 aromatic heterocycles. The Hall–Kier alpha value is -1.59. The number of likely N-dealkylation sites (tertiary alicyclic amines) is 1. The van der Waals surface area contributed by atoms with Gasteiger partial charge in [0.25, 0.3) is 0 Å². The summed E-state index contributed by atoms with van der Waals surface area (Å²) in [7, 11) is 0. The molecule has 0 unspecified atom stereocenters. The second-order valence-electron chi connectivity index (χ2n) is 5.95. The van der Waals surface area contributed by atoms with E-state index in [1.807, 2.05) is 18.2 Å². The third-order valence-corrected chi connectivity index (χ3v) is 4.83. The quantitative estimate of drug-likeness (QED) is 0.796. The van der Waals surface area contributed by atoms with Gasteiger partial charge in [-0.2, -0.15) is 0 Å². The fraction of sp³-hybridized carbons (Fsp3) is 0.500. The van der Waals surface area contributed by atoms with Crippen molar-refractivity contribution >= 4 is 28.7 Å². The molecule has 0 bridgehead atoms. The number of halogens is 1. The highest BCUT2D eigenvalue weighted by Gasteiger charge is 2.35. The van der Waals surface area contributed by atoms with E-state index in [9.17, 15) is 4.79 Å². The van der Waals surface area contributed by atoms with Crippen LogP contribution in [-0.2, 0) is 9.53 Å². The molecule has 22 heavy (non-hydrogen) atoms. The van der Waals surface area contributed by atoms with E-state index in [4.69, 9.17) is 20.8 Å². The first-order valence-electron chi connectivity index (χ1n) is 7.67. The van der Waals surface area contributed by atoms with Crippen LogP contribution in [0.3, 0.4) is 0 Å². The first kappa shape index (κ1) is 14.0. The highest BCUT2D eigenvalue weighted by molar-refractivity contribution is 6.31. The first-order valence-corrected chi connectivity index (χ1v) is 8.05. The molecule has 2 aliphatic rings. The van der Waals surface area contributed by atoms with Crippen LogP contribution in [0.4, 0.5) is 0 Å². The number of carbonyl (C=O) groups excluding carboxylic acids is 1. The summed E-state index contributed by atoms with van der Waals surface area (Å²) in [4.78, 5) is 18.5. The van der Waals surface area contributed by atoms with E-state index in [0.717, 1.165) is 49.3 Å². The number of benzene rings is 1. The molecule has 0 amide bonds. The van der Waals surface area contributed by atoms with Gasteiger partial charge in [-0.25, -0.2) is 4.98 Å². The molecule has 3 heterocycles. The molecule has 5 nitrogen and oxygen atoms in total. The maximum absolute atomic E-state index is 11.7. The molecule has 2 aromatic rings.